The number of piperidine rings is 1. The predicted octanol–water partition coefficient (Wildman–Crippen LogP) is 5.24. The molecular weight excluding hydrogens is 907 g/mol. The lowest BCUT2D eigenvalue weighted by molar-refractivity contribution is -0.147. The number of amides is 6. The molecule has 12 rings (SSSR count). The minimum Gasteiger partial charge on any atom is -0.370 e. The molecule has 1 spiro atoms. The number of anilines is 3. The lowest BCUT2D eigenvalue weighted by Gasteiger charge is -2.61. The third kappa shape index (κ3) is 7.51. The van der Waals surface area contributed by atoms with E-state index in [2.05, 4.69) is 30.6 Å². The number of aromatic nitrogens is 5. The number of nitrogens with one attached hydrogen (secondary N) is 2. The third-order valence-corrected chi connectivity index (χ3v) is 15.6. The van der Waals surface area contributed by atoms with Gasteiger partial charge in [-0.3, -0.25) is 44.3 Å². The van der Waals surface area contributed by atoms with Crippen molar-refractivity contribution >= 4 is 68.5 Å². The van der Waals surface area contributed by atoms with Gasteiger partial charge < -0.3 is 19.3 Å². The van der Waals surface area contributed by atoms with E-state index in [1.165, 1.54) is 27.2 Å². The third-order valence-electron chi connectivity index (χ3n) is 14.9. The normalized spacial score (nSPS) is 21.3. The summed E-state index contributed by atoms with van der Waals surface area (Å²) >= 11 is 1.27. The first-order chi connectivity index (χ1) is 33.4. The Kier molecular flexibility index (Phi) is 10.4. The van der Waals surface area contributed by atoms with E-state index in [1.54, 1.807) is 35.7 Å². The Bertz CT molecular complexity index is 3090. The quantitative estimate of drug-likeness (QED) is 0.185. The van der Waals surface area contributed by atoms with Gasteiger partial charge in [0.05, 0.1) is 30.6 Å². The van der Waals surface area contributed by atoms with Crippen LogP contribution >= 0.6 is 11.3 Å². The van der Waals surface area contributed by atoms with Crippen molar-refractivity contribution in [2.75, 3.05) is 67.5 Å². The number of carbonyl (C=O) groups excluding carboxylic acids is 5. The van der Waals surface area contributed by atoms with Crippen molar-refractivity contribution in [2.45, 2.75) is 56.9 Å². The Morgan fingerprint density at radius 1 is 0.971 bits per heavy atom. The average molecular weight is 955 g/mol. The van der Waals surface area contributed by atoms with Crippen LogP contribution in [0.3, 0.4) is 0 Å². The lowest BCUT2D eigenvalue weighted by Crippen LogP contribution is -2.73. The number of imidazole rings is 1. The molecule has 6 aromatic rings. The van der Waals surface area contributed by atoms with Crippen molar-refractivity contribution < 1.29 is 32.8 Å². The monoisotopic (exact) mass is 954 g/mol. The zero-order valence-electron chi connectivity index (χ0n) is 37.7. The van der Waals surface area contributed by atoms with Gasteiger partial charge in [0.25, 0.3) is 11.8 Å². The van der Waals surface area contributed by atoms with E-state index in [0.29, 0.717) is 48.3 Å². The van der Waals surface area contributed by atoms with E-state index < -0.39 is 35.9 Å². The fourth-order valence-electron chi connectivity index (χ4n) is 11.3. The van der Waals surface area contributed by atoms with Gasteiger partial charge >= 0.3 is 6.03 Å². The van der Waals surface area contributed by atoms with Gasteiger partial charge in [-0.25, -0.2) is 23.5 Å². The molecule has 3 atom stereocenters. The van der Waals surface area contributed by atoms with Crippen LogP contribution in [0, 0.1) is 11.2 Å². The van der Waals surface area contributed by atoms with E-state index in [1.807, 2.05) is 56.8 Å². The van der Waals surface area contributed by atoms with Crippen molar-refractivity contribution in [1.82, 2.24) is 44.3 Å². The van der Waals surface area contributed by atoms with Crippen molar-refractivity contribution in [1.29, 1.82) is 0 Å². The summed E-state index contributed by atoms with van der Waals surface area (Å²) in [7, 11) is 1.78. The molecule has 2 N–H and O–H groups in total. The van der Waals surface area contributed by atoms with Gasteiger partial charge in [-0.05, 0) is 78.9 Å². The largest absolute Gasteiger partial charge is 0.370 e. The molecule has 3 aromatic carbocycles. The minimum absolute atomic E-state index is 0.00384. The highest BCUT2D eigenvalue weighted by atomic mass is 32.1. The molecule has 4 fully saturated rings. The van der Waals surface area contributed by atoms with Crippen LogP contribution in [0.15, 0.2) is 72.5 Å². The Morgan fingerprint density at radius 3 is 2.57 bits per heavy atom. The molecule has 354 valence electrons. The van der Waals surface area contributed by atoms with Crippen LogP contribution in [0.4, 0.5) is 30.2 Å². The molecule has 6 aliphatic heterocycles. The summed E-state index contributed by atoms with van der Waals surface area (Å²) < 4.78 is 35.5. The summed E-state index contributed by atoms with van der Waals surface area (Å²) in [5, 5.41) is 12.6. The van der Waals surface area contributed by atoms with E-state index in [0.717, 1.165) is 65.9 Å². The summed E-state index contributed by atoms with van der Waals surface area (Å²) in [5.74, 6) is -1.59. The van der Waals surface area contributed by atoms with Crippen LogP contribution < -0.4 is 20.4 Å². The SMILES string of the molecule is Cn1nc(N2CCC(=O)NC2=O)c2ccc([C@@H]3CCN(CC(=O)N4CC5(C4)CN(c4ccc(-c6cc(F)c7c(c6)C(=O)N(C(C(=O)Nc6nccs6)c6ncn8c6CCC8)C7)cc4)C5)C[C@@H]3F)cc21. The van der Waals surface area contributed by atoms with Crippen LogP contribution in [0.2, 0.25) is 0 Å². The summed E-state index contributed by atoms with van der Waals surface area (Å²) in [4.78, 5) is 83.3. The average Bonchev–Trinajstić information content (AvgIpc) is 4.16. The first-order valence-electron chi connectivity index (χ1n) is 23.3. The molecular formula is C49H48F2N12O5S. The second-order valence-corrected chi connectivity index (χ2v) is 20.2. The zero-order chi connectivity index (χ0) is 47.3. The molecule has 6 aliphatic rings. The Labute approximate surface area is 398 Å². The number of alkyl halides is 1. The molecule has 17 nitrogen and oxygen atoms in total. The second-order valence-electron chi connectivity index (χ2n) is 19.3. The number of aryl methyl sites for hydroxylation is 2. The van der Waals surface area contributed by atoms with Gasteiger partial charge in [-0.1, -0.05) is 18.2 Å². The van der Waals surface area contributed by atoms with Crippen LogP contribution in [0.1, 0.15) is 64.1 Å². The number of likely N-dealkylation sites (tertiary alicyclic amines) is 2. The number of rotatable bonds is 10. The number of urea groups is 1. The maximum atomic E-state index is 16.0. The Morgan fingerprint density at radius 2 is 1.80 bits per heavy atom. The van der Waals surface area contributed by atoms with E-state index in [9.17, 15) is 24.0 Å². The maximum absolute atomic E-state index is 16.0. The molecule has 0 bridgehead atoms. The number of thiazole rings is 1. The molecule has 1 unspecified atom stereocenters. The number of hydrogen-bond acceptors (Lipinski definition) is 11. The highest BCUT2D eigenvalue weighted by molar-refractivity contribution is 7.13. The molecule has 4 saturated heterocycles. The minimum atomic E-state index is -1.17. The fourth-order valence-corrected chi connectivity index (χ4v) is 11.9. The van der Waals surface area contributed by atoms with E-state index >= 15 is 8.78 Å². The zero-order valence-corrected chi connectivity index (χ0v) is 38.6. The van der Waals surface area contributed by atoms with Crippen molar-refractivity contribution in [3.05, 3.63) is 106 Å². The highest BCUT2D eigenvalue weighted by Gasteiger charge is 2.53. The molecule has 3 aromatic heterocycles. The number of halogens is 2. The van der Waals surface area contributed by atoms with Gasteiger partial charge in [0.15, 0.2) is 17.0 Å². The molecule has 0 aliphatic carbocycles. The number of fused-ring (bicyclic) bond motifs is 3. The Hall–Kier alpha value is -7.06. The number of benzene rings is 3. The van der Waals surface area contributed by atoms with Crippen molar-refractivity contribution in [3.8, 4) is 11.1 Å². The summed E-state index contributed by atoms with van der Waals surface area (Å²) in [6, 6.07) is 15.1. The van der Waals surface area contributed by atoms with Gasteiger partial charge in [0.1, 0.15) is 12.0 Å². The fraction of sp³-hybridized carbons (Fsp3) is 0.388. The van der Waals surface area contributed by atoms with Crippen molar-refractivity contribution in [2.24, 2.45) is 12.5 Å². The van der Waals surface area contributed by atoms with Crippen molar-refractivity contribution in [3.63, 3.8) is 0 Å². The van der Waals surface area contributed by atoms with Gasteiger partial charge in [0.2, 0.25) is 11.8 Å². The topological polar surface area (TPSA) is 174 Å². The number of nitrogens with zero attached hydrogens (tertiary/aromatic N) is 10. The summed E-state index contributed by atoms with van der Waals surface area (Å²) in [6.07, 6.45) is 4.51. The van der Waals surface area contributed by atoms with Gasteiger partial charge in [-0.15, -0.1) is 11.3 Å². The second kappa shape index (κ2) is 16.6. The van der Waals surface area contributed by atoms with Crippen LogP contribution in [0.25, 0.3) is 22.0 Å². The van der Waals surface area contributed by atoms with Crippen LogP contribution in [-0.4, -0.2) is 127 Å². The lowest BCUT2D eigenvalue weighted by atomic mass is 9.72. The smallest absolute Gasteiger partial charge is 0.329 e. The number of hydrogen-bond donors (Lipinski definition) is 2. The molecule has 69 heavy (non-hydrogen) atoms. The van der Waals surface area contributed by atoms with E-state index in [-0.39, 0.29) is 66.9 Å². The molecule has 6 amide bonds. The predicted molar refractivity (Wildman–Crippen MR) is 252 cm³/mol. The first-order valence-corrected chi connectivity index (χ1v) is 24.2. The molecule has 0 saturated carbocycles. The standard InChI is InChI=1S/C49H48F2N12O5S/c1-57-39-19-29(6-9-33(39)44(56-57)62-15-11-40(64)54-48(62)68)32-10-14-58(21-37(32)51)22-41(65)61-25-49(26-61)23-60(24-49)31-7-4-28(5-8-31)30-17-34-35(36(50)18-30)20-63(46(34)67)43(45(66)55-47-52-12-16-69-47)42-38-3-2-13-59(38)27-53-42/h4-9,12,16-19,27,32,37,43H,2-3,10-11,13-15,20-26H2,1H3,(H,52,55,66)(H,54,64,68)/t32-,37-,43?/m0/s1. The molecule has 20 heteroatoms. The number of imide groups is 1. The number of carbonyl (C=O) groups is 5. The van der Waals surface area contributed by atoms with E-state index in [4.69, 9.17) is 0 Å². The highest BCUT2D eigenvalue weighted by Crippen LogP contribution is 2.44. The molecule has 0 radical (unpaired) electrons. The molecule has 9 heterocycles. The van der Waals surface area contributed by atoms with Gasteiger partial charge in [0, 0.05) is 110 Å². The maximum Gasteiger partial charge on any atom is 0.329 e. The first kappa shape index (κ1) is 43.2. The Balaban J connectivity index is 0.644. The summed E-state index contributed by atoms with van der Waals surface area (Å²) in [5.41, 5.74) is 5.81. The van der Waals surface area contributed by atoms with Crippen LogP contribution in [-0.2, 0) is 40.9 Å². The summed E-state index contributed by atoms with van der Waals surface area (Å²) in [6.45, 7) is 4.74. The van der Waals surface area contributed by atoms with Gasteiger partial charge in [-0.2, -0.15) is 5.10 Å². The van der Waals surface area contributed by atoms with Crippen LogP contribution in [0.5, 0.6) is 0 Å².